The van der Waals surface area contributed by atoms with Crippen molar-refractivity contribution in [2.24, 2.45) is 0 Å². The first kappa shape index (κ1) is 18.8. The van der Waals surface area contributed by atoms with Crippen LogP contribution in [0.3, 0.4) is 0 Å². The van der Waals surface area contributed by atoms with E-state index in [-0.39, 0.29) is 30.9 Å². The predicted molar refractivity (Wildman–Crippen MR) is 90.8 cm³/mol. The minimum absolute atomic E-state index is 0.150. The third-order valence-corrected chi connectivity index (χ3v) is 3.69. The topological polar surface area (TPSA) is 93.7 Å². The summed E-state index contributed by atoms with van der Waals surface area (Å²) in [5.41, 5.74) is 0.911. The molecule has 0 saturated carbocycles. The van der Waals surface area contributed by atoms with Crippen LogP contribution in [0, 0.1) is 0 Å². The smallest absolute Gasteiger partial charge is 0.338 e. The third-order valence-electron chi connectivity index (χ3n) is 3.46. The highest BCUT2D eigenvalue weighted by Gasteiger charge is 2.34. The second-order valence-corrected chi connectivity index (χ2v) is 5.62. The van der Waals surface area contributed by atoms with Gasteiger partial charge in [0.15, 0.2) is 0 Å². The Labute approximate surface area is 150 Å². The van der Waals surface area contributed by atoms with Gasteiger partial charge in [0, 0.05) is 10.7 Å². The van der Waals surface area contributed by atoms with Gasteiger partial charge >= 0.3 is 18.0 Å². The zero-order valence-electron chi connectivity index (χ0n) is 13.9. The van der Waals surface area contributed by atoms with Crippen molar-refractivity contribution >= 4 is 29.6 Å². The molecule has 0 fully saturated rings. The first-order chi connectivity index (χ1) is 12.0. The number of amides is 2. The number of halogens is 1. The summed E-state index contributed by atoms with van der Waals surface area (Å²) in [5, 5.41) is 5.63. The zero-order chi connectivity index (χ0) is 18.4. The summed E-state index contributed by atoms with van der Waals surface area (Å²) < 4.78 is 10.0. The second-order valence-electron chi connectivity index (χ2n) is 5.18. The largest absolute Gasteiger partial charge is 0.466 e. The molecule has 0 saturated heterocycles. The van der Waals surface area contributed by atoms with Gasteiger partial charge in [-0.2, -0.15) is 0 Å². The molecule has 8 heteroatoms. The van der Waals surface area contributed by atoms with E-state index in [9.17, 15) is 14.4 Å². The maximum absolute atomic E-state index is 12.5. The number of carbonyl (C=O) groups excluding carboxylic acids is 3. The van der Waals surface area contributed by atoms with Crippen molar-refractivity contribution in [3.05, 3.63) is 46.1 Å². The molecule has 2 rings (SSSR count). The number of esters is 2. The number of hydrogen-bond acceptors (Lipinski definition) is 5. The highest BCUT2D eigenvalue weighted by atomic mass is 35.5. The summed E-state index contributed by atoms with van der Waals surface area (Å²) >= 11 is 6.02. The molecule has 1 atom stereocenters. The first-order valence-electron chi connectivity index (χ1n) is 7.85. The van der Waals surface area contributed by atoms with Crippen LogP contribution in [0.15, 0.2) is 35.5 Å². The molecule has 0 aliphatic carbocycles. The Hall–Kier alpha value is -2.54. The lowest BCUT2D eigenvalue weighted by Gasteiger charge is -2.29. The Bertz CT molecular complexity index is 717. The van der Waals surface area contributed by atoms with E-state index in [2.05, 4.69) is 10.6 Å². The van der Waals surface area contributed by atoms with Gasteiger partial charge in [0.25, 0.3) is 0 Å². The van der Waals surface area contributed by atoms with Crippen LogP contribution in [0.2, 0.25) is 5.02 Å². The predicted octanol–water partition coefficient (Wildman–Crippen LogP) is 2.46. The second kappa shape index (κ2) is 8.53. The van der Waals surface area contributed by atoms with E-state index in [1.165, 1.54) is 0 Å². The molecule has 25 heavy (non-hydrogen) atoms. The fraction of sp³-hybridized carbons (Fsp3) is 0.353. The number of hydrogen-bond donors (Lipinski definition) is 2. The number of nitrogens with one attached hydrogen (secondary N) is 2. The monoisotopic (exact) mass is 366 g/mol. The van der Waals surface area contributed by atoms with Crippen LogP contribution in [-0.4, -0.2) is 31.2 Å². The molecule has 0 bridgehead atoms. The molecular weight excluding hydrogens is 348 g/mol. The normalized spacial score (nSPS) is 16.8. The van der Waals surface area contributed by atoms with Gasteiger partial charge in [0.2, 0.25) is 0 Å². The summed E-state index contributed by atoms with van der Waals surface area (Å²) in [6.45, 7) is 3.71. The van der Waals surface area contributed by atoms with Crippen LogP contribution in [0.4, 0.5) is 4.79 Å². The summed E-state index contributed by atoms with van der Waals surface area (Å²) in [5.74, 6) is -1.18. The quantitative estimate of drug-likeness (QED) is 0.754. The van der Waals surface area contributed by atoms with Crippen LogP contribution in [0.25, 0.3) is 0 Å². The molecule has 0 radical (unpaired) electrons. The number of ether oxygens (including phenoxy) is 2. The van der Waals surface area contributed by atoms with Crippen molar-refractivity contribution in [1.82, 2.24) is 10.6 Å². The molecule has 7 nitrogen and oxygen atoms in total. The zero-order valence-corrected chi connectivity index (χ0v) is 14.7. The summed E-state index contributed by atoms with van der Waals surface area (Å²) in [4.78, 5) is 36.3. The van der Waals surface area contributed by atoms with E-state index in [4.69, 9.17) is 21.1 Å². The van der Waals surface area contributed by atoms with Crippen LogP contribution in [0.5, 0.6) is 0 Å². The number of urea groups is 1. The minimum Gasteiger partial charge on any atom is -0.466 e. The number of rotatable bonds is 6. The highest BCUT2D eigenvalue weighted by molar-refractivity contribution is 6.30. The van der Waals surface area contributed by atoms with Gasteiger partial charge in [0.05, 0.1) is 31.2 Å². The number of carbonyl (C=O) groups is 3. The van der Waals surface area contributed by atoms with Crippen molar-refractivity contribution in [2.45, 2.75) is 26.3 Å². The van der Waals surface area contributed by atoms with Crippen LogP contribution >= 0.6 is 11.6 Å². The standard InChI is InChI=1S/C17H19ClN2O5/c1-3-24-13(21)9-12-14(16(22)25-4-2)15(20-17(23)19-12)10-6-5-7-11(18)8-10/h5-8,15H,3-4,9H2,1-2H3,(H2,19,20,23). The molecule has 1 unspecified atom stereocenters. The highest BCUT2D eigenvalue weighted by Crippen LogP contribution is 2.30. The average molecular weight is 367 g/mol. The minimum atomic E-state index is -0.782. The maximum atomic E-state index is 12.5. The molecular formula is C17H19ClN2O5. The van der Waals surface area contributed by atoms with E-state index in [1.54, 1.807) is 38.1 Å². The lowest BCUT2D eigenvalue weighted by molar-refractivity contribution is -0.142. The van der Waals surface area contributed by atoms with Crippen molar-refractivity contribution in [3.63, 3.8) is 0 Å². The Balaban J connectivity index is 2.49. The van der Waals surface area contributed by atoms with Crippen molar-refractivity contribution < 1.29 is 23.9 Å². The van der Waals surface area contributed by atoms with Crippen molar-refractivity contribution in [1.29, 1.82) is 0 Å². The van der Waals surface area contributed by atoms with Crippen molar-refractivity contribution in [2.75, 3.05) is 13.2 Å². The fourth-order valence-electron chi connectivity index (χ4n) is 2.50. The molecule has 0 aromatic heterocycles. The Morgan fingerprint density at radius 1 is 1.20 bits per heavy atom. The van der Waals surface area contributed by atoms with Crippen molar-refractivity contribution in [3.8, 4) is 0 Å². The van der Waals surface area contributed by atoms with Crippen LogP contribution < -0.4 is 10.6 Å². The molecule has 1 aliphatic heterocycles. The molecule has 2 amide bonds. The Kier molecular flexibility index (Phi) is 6.41. The van der Waals surface area contributed by atoms with E-state index in [0.717, 1.165) is 0 Å². The number of benzene rings is 1. The third kappa shape index (κ3) is 4.73. The average Bonchev–Trinajstić information content (AvgIpc) is 2.54. The Morgan fingerprint density at radius 3 is 2.56 bits per heavy atom. The van der Waals surface area contributed by atoms with Gasteiger partial charge in [-0.05, 0) is 31.5 Å². The van der Waals surface area contributed by atoms with E-state index in [0.29, 0.717) is 10.6 Å². The molecule has 134 valence electrons. The molecule has 1 aromatic carbocycles. The van der Waals surface area contributed by atoms with Crippen LogP contribution in [0.1, 0.15) is 31.9 Å². The van der Waals surface area contributed by atoms with E-state index >= 15 is 0 Å². The van der Waals surface area contributed by atoms with Gasteiger partial charge in [-0.25, -0.2) is 9.59 Å². The lowest BCUT2D eigenvalue weighted by atomic mass is 9.94. The fourth-order valence-corrected chi connectivity index (χ4v) is 2.70. The maximum Gasteiger partial charge on any atom is 0.338 e. The van der Waals surface area contributed by atoms with Gasteiger partial charge in [-0.15, -0.1) is 0 Å². The summed E-state index contributed by atoms with van der Waals surface area (Å²) in [6, 6.07) is 5.44. The Morgan fingerprint density at radius 2 is 1.92 bits per heavy atom. The van der Waals surface area contributed by atoms with E-state index in [1.807, 2.05) is 0 Å². The lowest BCUT2D eigenvalue weighted by Crippen LogP contribution is -2.46. The van der Waals surface area contributed by atoms with Gasteiger partial charge < -0.3 is 20.1 Å². The van der Waals surface area contributed by atoms with Crippen LogP contribution in [-0.2, 0) is 19.1 Å². The van der Waals surface area contributed by atoms with Gasteiger partial charge in [0.1, 0.15) is 0 Å². The van der Waals surface area contributed by atoms with E-state index < -0.39 is 24.0 Å². The molecule has 1 heterocycles. The summed E-state index contributed by atoms with van der Waals surface area (Å²) in [6.07, 6.45) is -0.244. The molecule has 1 aromatic rings. The first-order valence-corrected chi connectivity index (χ1v) is 8.22. The van der Waals surface area contributed by atoms with Gasteiger partial charge in [-0.3, -0.25) is 4.79 Å². The molecule has 2 N–H and O–H groups in total. The molecule has 0 spiro atoms. The van der Waals surface area contributed by atoms with Gasteiger partial charge in [-0.1, -0.05) is 23.7 Å². The molecule has 1 aliphatic rings. The SMILES string of the molecule is CCOC(=O)CC1=C(C(=O)OCC)C(c2cccc(Cl)c2)NC(=O)N1. The summed E-state index contributed by atoms with van der Waals surface area (Å²) in [7, 11) is 0.